The third-order valence-electron chi connectivity index (χ3n) is 3.55. The second kappa shape index (κ2) is 5.94. The molecule has 0 amide bonds. The zero-order chi connectivity index (χ0) is 14.7. The van der Waals surface area contributed by atoms with Gasteiger partial charge in [-0.05, 0) is 37.5 Å². The maximum Gasteiger partial charge on any atom is 0.293 e. The summed E-state index contributed by atoms with van der Waals surface area (Å²) in [6.45, 7) is 3.99. The van der Waals surface area contributed by atoms with Gasteiger partial charge < -0.3 is 4.74 Å². The Kier molecular flexibility index (Phi) is 4.27. The fourth-order valence-electron chi connectivity index (χ4n) is 2.50. The highest BCUT2D eigenvalue weighted by Gasteiger charge is 2.29. The molecule has 5 heteroatoms. The van der Waals surface area contributed by atoms with E-state index in [0.29, 0.717) is 24.2 Å². The van der Waals surface area contributed by atoms with Crippen LogP contribution in [0, 0.1) is 18.7 Å². The van der Waals surface area contributed by atoms with Gasteiger partial charge in [-0.25, -0.2) is 4.39 Å². The van der Waals surface area contributed by atoms with Crippen molar-refractivity contribution in [3.63, 3.8) is 0 Å². The molecule has 0 aromatic heterocycles. The second-order valence-corrected chi connectivity index (χ2v) is 4.83. The number of Topliss-reactive ketones (excluding diaryl/α,β-unsaturated/α-hetero) is 1. The van der Waals surface area contributed by atoms with Crippen molar-refractivity contribution in [1.82, 2.24) is 0 Å². The van der Waals surface area contributed by atoms with Crippen LogP contribution in [0.15, 0.2) is 17.1 Å². The van der Waals surface area contributed by atoms with Crippen LogP contribution >= 0.6 is 0 Å². The van der Waals surface area contributed by atoms with Crippen LogP contribution in [-0.2, 0) is 20.7 Å². The van der Waals surface area contributed by atoms with E-state index >= 15 is 0 Å². The first-order chi connectivity index (χ1) is 9.56. The number of hydrogen-bond donors (Lipinski definition) is 0. The van der Waals surface area contributed by atoms with Crippen molar-refractivity contribution in [3.05, 3.63) is 34.6 Å². The fourth-order valence-corrected chi connectivity index (χ4v) is 2.50. The SMILES string of the molecule is CC(=O)C(COC=O)C1=NCCc2c(C)ccc(F)c21. The molecule has 0 saturated heterocycles. The van der Waals surface area contributed by atoms with Crippen molar-refractivity contribution in [2.24, 2.45) is 10.9 Å². The topological polar surface area (TPSA) is 55.7 Å². The summed E-state index contributed by atoms with van der Waals surface area (Å²) in [6.07, 6.45) is 0.654. The van der Waals surface area contributed by atoms with E-state index in [1.165, 1.54) is 13.0 Å². The molecular weight excluding hydrogens is 261 g/mol. The van der Waals surface area contributed by atoms with Gasteiger partial charge in [0.2, 0.25) is 0 Å². The highest BCUT2D eigenvalue weighted by atomic mass is 19.1. The third-order valence-corrected chi connectivity index (χ3v) is 3.55. The van der Waals surface area contributed by atoms with Crippen LogP contribution in [-0.4, -0.2) is 31.1 Å². The predicted octanol–water partition coefficient (Wildman–Crippen LogP) is 1.86. The Balaban J connectivity index is 2.48. The van der Waals surface area contributed by atoms with E-state index in [1.54, 1.807) is 6.07 Å². The first-order valence-corrected chi connectivity index (χ1v) is 6.44. The third kappa shape index (κ3) is 2.61. The molecule has 1 aliphatic heterocycles. The molecule has 106 valence electrons. The number of rotatable bonds is 5. The number of halogens is 1. The summed E-state index contributed by atoms with van der Waals surface area (Å²) in [7, 11) is 0. The minimum absolute atomic E-state index is 0.107. The summed E-state index contributed by atoms with van der Waals surface area (Å²) >= 11 is 0. The Labute approximate surface area is 116 Å². The van der Waals surface area contributed by atoms with Crippen molar-refractivity contribution in [1.29, 1.82) is 0 Å². The maximum atomic E-state index is 14.1. The Hall–Kier alpha value is -2.04. The number of carbonyl (C=O) groups is 2. The van der Waals surface area contributed by atoms with Crippen LogP contribution in [0.4, 0.5) is 4.39 Å². The quantitative estimate of drug-likeness (QED) is 0.772. The van der Waals surface area contributed by atoms with E-state index in [1.807, 2.05) is 6.92 Å². The standard InChI is InChI=1S/C15H16FNO3/c1-9-3-4-13(16)14-11(9)5-6-17-15(14)12(10(2)19)7-20-8-18/h3-4,8,12H,5-7H2,1-2H3. The average molecular weight is 277 g/mol. The lowest BCUT2D eigenvalue weighted by Crippen LogP contribution is -2.32. The van der Waals surface area contributed by atoms with Gasteiger partial charge in [0, 0.05) is 12.1 Å². The Morgan fingerprint density at radius 3 is 2.95 bits per heavy atom. The lowest BCUT2D eigenvalue weighted by molar-refractivity contribution is -0.131. The van der Waals surface area contributed by atoms with Gasteiger partial charge in [-0.15, -0.1) is 0 Å². The Morgan fingerprint density at radius 2 is 2.30 bits per heavy atom. The average Bonchev–Trinajstić information content (AvgIpc) is 2.43. The number of aliphatic imine (C=N–C) groups is 1. The molecule has 0 radical (unpaired) electrons. The van der Waals surface area contributed by atoms with Crippen molar-refractivity contribution < 1.29 is 18.7 Å². The van der Waals surface area contributed by atoms with Crippen molar-refractivity contribution in [3.8, 4) is 0 Å². The molecule has 1 heterocycles. The summed E-state index contributed by atoms with van der Waals surface area (Å²) < 4.78 is 18.8. The van der Waals surface area contributed by atoms with E-state index < -0.39 is 5.92 Å². The molecule has 2 rings (SSSR count). The minimum atomic E-state index is -0.712. The fraction of sp³-hybridized carbons (Fsp3) is 0.400. The normalized spacial score (nSPS) is 15.1. The predicted molar refractivity (Wildman–Crippen MR) is 72.4 cm³/mol. The zero-order valence-electron chi connectivity index (χ0n) is 11.5. The van der Waals surface area contributed by atoms with Gasteiger partial charge in [0.25, 0.3) is 6.47 Å². The summed E-state index contributed by atoms with van der Waals surface area (Å²) in [5.41, 5.74) is 2.65. The van der Waals surface area contributed by atoms with Crippen LogP contribution in [0.3, 0.4) is 0 Å². The highest BCUT2D eigenvalue weighted by Crippen LogP contribution is 2.26. The zero-order valence-corrected chi connectivity index (χ0v) is 11.5. The van der Waals surface area contributed by atoms with Gasteiger partial charge in [0.05, 0.1) is 11.6 Å². The van der Waals surface area contributed by atoms with Crippen LogP contribution in [0.25, 0.3) is 0 Å². The lowest BCUT2D eigenvalue weighted by atomic mass is 9.86. The number of fused-ring (bicyclic) bond motifs is 1. The molecule has 0 N–H and O–H groups in total. The molecule has 1 unspecified atom stereocenters. The first-order valence-electron chi connectivity index (χ1n) is 6.44. The molecule has 0 spiro atoms. The number of ether oxygens (including phenoxy) is 1. The molecule has 0 aliphatic carbocycles. The van der Waals surface area contributed by atoms with Crippen LogP contribution in [0.5, 0.6) is 0 Å². The lowest BCUT2D eigenvalue weighted by Gasteiger charge is -2.24. The van der Waals surface area contributed by atoms with Gasteiger partial charge in [0.1, 0.15) is 18.2 Å². The molecule has 0 fully saturated rings. The van der Waals surface area contributed by atoms with Crippen LogP contribution in [0.2, 0.25) is 0 Å². The van der Waals surface area contributed by atoms with E-state index in [2.05, 4.69) is 4.99 Å². The molecule has 4 nitrogen and oxygen atoms in total. The molecule has 1 aromatic carbocycles. The number of carbonyl (C=O) groups excluding carboxylic acids is 2. The molecular formula is C15H16FNO3. The van der Waals surface area contributed by atoms with E-state index in [0.717, 1.165) is 11.1 Å². The Bertz CT molecular complexity index is 581. The van der Waals surface area contributed by atoms with Crippen molar-refractivity contribution >= 4 is 18.0 Å². The van der Waals surface area contributed by atoms with Gasteiger partial charge in [-0.1, -0.05) is 6.07 Å². The Morgan fingerprint density at radius 1 is 1.55 bits per heavy atom. The molecule has 0 saturated carbocycles. The summed E-state index contributed by atoms with van der Waals surface area (Å²) in [4.78, 5) is 26.4. The van der Waals surface area contributed by atoms with Crippen molar-refractivity contribution in [2.75, 3.05) is 13.2 Å². The largest absolute Gasteiger partial charge is 0.467 e. The van der Waals surface area contributed by atoms with E-state index in [-0.39, 0.29) is 24.7 Å². The maximum absolute atomic E-state index is 14.1. The molecule has 0 bridgehead atoms. The van der Waals surface area contributed by atoms with Gasteiger partial charge in [-0.2, -0.15) is 0 Å². The second-order valence-electron chi connectivity index (χ2n) is 4.83. The van der Waals surface area contributed by atoms with Crippen molar-refractivity contribution in [2.45, 2.75) is 20.3 Å². The monoisotopic (exact) mass is 277 g/mol. The van der Waals surface area contributed by atoms with E-state index in [4.69, 9.17) is 4.74 Å². The van der Waals surface area contributed by atoms with E-state index in [9.17, 15) is 14.0 Å². The molecule has 1 aromatic rings. The summed E-state index contributed by atoms with van der Waals surface area (Å²) in [6, 6.07) is 3.11. The summed E-state index contributed by atoms with van der Waals surface area (Å²) in [5, 5.41) is 0. The number of ketones is 1. The number of hydrogen-bond acceptors (Lipinski definition) is 4. The van der Waals surface area contributed by atoms with Gasteiger partial charge >= 0.3 is 0 Å². The smallest absolute Gasteiger partial charge is 0.293 e. The highest BCUT2D eigenvalue weighted by molar-refractivity contribution is 6.14. The summed E-state index contributed by atoms with van der Waals surface area (Å²) in [5.74, 6) is -1.30. The molecule has 20 heavy (non-hydrogen) atoms. The molecule has 1 atom stereocenters. The number of benzene rings is 1. The molecule has 1 aliphatic rings. The van der Waals surface area contributed by atoms with Gasteiger partial charge in [0.15, 0.2) is 0 Å². The number of aryl methyl sites for hydroxylation is 1. The van der Waals surface area contributed by atoms with Gasteiger partial charge in [-0.3, -0.25) is 14.6 Å². The van der Waals surface area contributed by atoms with Crippen LogP contribution in [0.1, 0.15) is 23.6 Å². The minimum Gasteiger partial charge on any atom is -0.467 e. The number of nitrogens with zero attached hydrogens (tertiary/aromatic N) is 1. The first kappa shape index (κ1) is 14.4. The van der Waals surface area contributed by atoms with Crippen LogP contribution < -0.4 is 0 Å².